The van der Waals surface area contributed by atoms with E-state index in [1.807, 2.05) is 42.2 Å². The van der Waals surface area contributed by atoms with Crippen LogP contribution in [0.4, 0.5) is 4.79 Å². The predicted molar refractivity (Wildman–Crippen MR) is 116 cm³/mol. The lowest BCUT2D eigenvalue weighted by Crippen LogP contribution is -2.61. The van der Waals surface area contributed by atoms with Gasteiger partial charge in [-0.05, 0) is 49.3 Å². The lowest BCUT2D eigenvalue weighted by Gasteiger charge is -2.51. The zero-order valence-corrected chi connectivity index (χ0v) is 17.5. The van der Waals surface area contributed by atoms with Crippen molar-refractivity contribution in [3.63, 3.8) is 0 Å². The zero-order chi connectivity index (χ0) is 20.7. The molecular weight excluding hydrogens is 374 g/mol. The van der Waals surface area contributed by atoms with Crippen LogP contribution < -0.4 is 5.32 Å². The molecule has 3 amide bonds. The summed E-state index contributed by atoms with van der Waals surface area (Å²) in [6, 6.07) is 18.4. The van der Waals surface area contributed by atoms with Gasteiger partial charge in [0.25, 0.3) is 0 Å². The molecule has 5 rings (SSSR count). The quantitative estimate of drug-likeness (QED) is 0.822. The van der Waals surface area contributed by atoms with Crippen LogP contribution in [0.3, 0.4) is 0 Å². The lowest BCUT2D eigenvalue weighted by molar-refractivity contribution is -0.148. The number of nitrogens with zero attached hydrogens (tertiary/aromatic N) is 2. The highest BCUT2D eigenvalue weighted by atomic mass is 16.2. The fourth-order valence-corrected chi connectivity index (χ4v) is 5.59. The molecule has 0 spiro atoms. The number of nitrogens with one attached hydrogen (secondary N) is 1. The molecule has 3 heterocycles. The molecule has 5 nitrogen and oxygen atoms in total. The maximum absolute atomic E-state index is 13.4. The molecule has 0 bridgehead atoms. The number of hydrogen-bond acceptors (Lipinski definition) is 2. The molecule has 4 atom stereocenters. The third-order valence-corrected chi connectivity index (χ3v) is 7.16. The van der Waals surface area contributed by atoms with Crippen molar-refractivity contribution in [3.05, 3.63) is 71.3 Å². The Balaban J connectivity index is 1.38. The summed E-state index contributed by atoms with van der Waals surface area (Å²) < 4.78 is 0. The van der Waals surface area contributed by atoms with Crippen LogP contribution in [0.15, 0.2) is 54.6 Å². The molecule has 2 aromatic carbocycles. The molecule has 0 unspecified atom stereocenters. The minimum absolute atomic E-state index is 0.0263. The Morgan fingerprint density at radius 1 is 1.07 bits per heavy atom. The van der Waals surface area contributed by atoms with Gasteiger partial charge < -0.3 is 15.1 Å². The molecule has 2 saturated heterocycles. The number of hydrogen-bond donors (Lipinski definition) is 1. The van der Waals surface area contributed by atoms with Crippen molar-refractivity contribution in [2.45, 2.75) is 50.7 Å². The maximum atomic E-state index is 13.4. The molecule has 0 saturated carbocycles. The van der Waals surface area contributed by atoms with Gasteiger partial charge in [0.2, 0.25) is 5.91 Å². The predicted octanol–water partition coefficient (Wildman–Crippen LogP) is 4.07. The number of carbonyl (C=O) groups excluding carboxylic acids is 2. The van der Waals surface area contributed by atoms with Crippen LogP contribution in [0.1, 0.15) is 55.0 Å². The van der Waals surface area contributed by atoms with Gasteiger partial charge >= 0.3 is 6.03 Å². The number of urea groups is 1. The minimum Gasteiger partial charge on any atom is -0.335 e. The van der Waals surface area contributed by atoms with E-state index in [-0.39, 0.29) is 36.0 Å². The number of fused-ring (bicyclic) bond motifs is 4. The Labute approximate surface area is 178 Å². The highest BCUT2D eigenvalue weighted by Gasteiger charge is 2.48. The highest BCUT2D eigenvalue weighted by molar-refractivity contribution is 5.83. The van der Waals surface area contributed by atoms with Gasteiger partial charge in [-0.15, -0.1) is 0 Å². The second-order valence-electron chi connectivity index (χ2n) is 8.82. The van der Waals surface area contributed by atoms with Crippen LogP contribution in [0.5, 0.6) is 0 Å². The molecule has 5 heteroatoms. The summed E-state index contributed by atoms with van der Waals surface area (Å²) >= 11 is 0. The van der Waals surface area contributed by atoms with E-state index >= 15 is 0 Å². The zero-order valence-electron chi connectivity index (χ0n) is 17.5. The van der Waals surface area contributed by atoms with Crippen molar-refractivity contribution in [2.75, 3.05) is 13.1 Å². The summed E-state index contributed by atoms with van der Waals surface area (Å²) in [5, 5.41) is 3.17. The fourth-order valence-electron chi connectivity index (χ4n) is 5.59. The van der Waals surface area contributed by atoms with Crippen LogP contribution >= 0.6 is 0 Å². The molecule has 0 aromatic heterocycles. The molecule has 156 valence electrons. The van der Waals surface area contributed by atoms with Crippen LogP contribution in [-0.4, -0.2) is 40.9 Å². The van der Waals surface area contributed by atoms with Crippen LogP contribution in [0, 0.1) is 5.92 Å². The van der Waals surface area contributed by atoms with Crippen LogP contribution in [0.2, 0.25) is 0 Å². The summed E-state index contributed by atoms with van der Waals surface area (Å²) in [6.45, 7) is 3.52. The van der Waals surface area contributed by atoms with Crippen molar-refractivity contribution in [3.8, 4) is 0 Å². The number of benzene rings is 2. The van der Waals surface area contributed by atoms with E-state index in [4.69, 9.17) is 0 Å². The number of amides is 3. The molecule has 0 aliphatic carbocycles. The average molecular weight is 404 g/mol. The fraction of sp³-hybridized carbons (Fsp3) is 0.440. The average Bonchev–Trinajstić information content (AvgIpc) is 2.79. The molecule has 30 heavy (non-hydrogen) atoms. The second kappa shape index (κ2) is 7.78. The normalized spacial score (nSPS) is 26.3. The van der Waals surface area contributed by atoms with E-state index in [0.29, 0.717) is 0 Å². The van der Waals surface area contributed by atoms with Gasteiger partial charge in [0.15, 0.2) is 0 Å². The van der Waals surface area contributed by atoms with Gasteiger partial charge in [0.05, 0.1) is 18.0 Å². The van der Waals surface area contributed by atoms with E-state index in [2.05, 4.69) is 34.5 Å². The first-order chi connectivity index (χ1) is 14.6. The monoisotopic (exact) mass is 403 g/mol. The summed E-state index contributed by atoms with van der Waals surface area (Å²) in [5.74, 6) is 0.164. The van der Waals surface area contributed by atoms with Gasteiger partial charge in [-0.25, -0.2) is 4.79 Å². The Kier molecular flexibility index (Phi) is 4.97. The SMILES string of the molecule is C[C@@H](NC(=O)N1CCC[C@H]2C(=O)N3CCc4ccccc4[C@@H]3C[C@H]21)c1ccccc1. The van der Waals surface area contributed by atoms with Crippen molar-refractivity contribution in [1.82, 2.24) is 15.1 Å². The van der Waals surface area contributed by atoms with Crippen molar-refractivity contribution in [1.29, 1.82) is 0 Å². The molecule has 3 aliphatic heterocycles. The van der Waals surface area contributed by atoms with Crippen LogP contribution in [-0.2, 0) is 11.2 Å². The van der Waals surface area contributed by atoms with Gasteiger partial charge in [-0.1, -0.05) is 54.6 Å². The topological polar surface area (TPSA) is 52.7 Å². The Bertz CT molecular complexity index is 944. The standard InChI is InChI=1S/C25H29N3O2/c1-17(18-8-3-2-4-9-18)26-25(30)28-14-7-12-21-23(28)16-22-20-11-6-5-10-19(20)13-15-27(22)24(21)29/h2-6,8-11,17,21-23H,7,12-16H2,1H3,(H,26,30)/t17-,21-,22+,23-/m1/s1. The molecule has 3 aliphatic rings. The molecule has 1 N–H and O–H groups in total. The third kappa shape index (κ3) is 3.26. The van der Waals surface area contributed by atoms with Gasteiger partial charge in [-0.2, -0.15) is 0 Å². The van der Waals surface area contributed by atoms with Crippen LogP contribution in [0.25, 0.3) is 0 Å². The summed E-state index contributed by atoms with van der Waals surface area (Å²) in [4.78, 5) is 30.6. The third-order valence-electron chi connectivity index (χ3n) is 7.16. The summed E-state index contributed by atoms with van der Waals surface area (Å²) in [7, 11) is 0. The van der Waals surface area contributed by atoms with Crippen molar-refractivity contribution in [2.24, 2.45) is 5.92 Å². The first kappa shape index (κ1) is 19.2. The summed E-state index contributed by atoms with van der Waals surface area (Å²) in [5.41, 5.74) is 3.69. The molecular formula is C25H29N3O2. The van der Waals surface area contributed by atoms with Gasteiger partial charge in [0, 0.05) is 19.1 Å². The number of piperidine rings is 2. The lowest BCUT2D eigenvalue weighted by atomic mass is 9.76. The van der Waals surface area contributed by atoms with E-state index in [1.54, 1.807) is 0 Å². The number of carbonyl (C=O) groups is 2. The van der Waals surface area contributed by atoms with E-state index < -0.39 is 0 Å². The number of rotatable bonds is 2. The molecule has 2 fully saturated rings. The van der Waals surface area contributed by atoms with E-state index in [1.165, 1.54) is 11.1 Å². The number of likely N-dealkylation sites (tertiary alicyclic amines) is 1. The first-order valence-electron chi connectivity index (χ1n) is 11.1. The van der Waals surface area contributed by atoms with Crippen molar-refractivity contribution >= 4 is 11.9 Å². The smallest absolute Gasteiger partial charge is 0.318 e. The van der Waals surface area contributed by atoms with Gasteiger partial charge in [0.1, 0.15) is 0 Å². The largest absolute Gasteiger partial charge is 0.335 e. The first-order valence-corrected chi connectivity index (χ1v) is 11.1. The second-order valence-corrected chi connectivity index (χ2v) is 8.82. The maximum Gasteiger partial charge on any atom is 0.318 e. The Morgan fingerprint density at radius 2 is 1.83 bits per heavy atom. The minimum atomic E-state index is -0.0713. The Morgan fingerprint density at radius 3 is 2.67 bits per heavy atom. The van der Waals surface area contributed by atoms with E-state index in [9.17, 15) is 9.59 Å². The Hall–Kier alpha value is -2.82. The van der Waals surface area contributed by atoms with Gasteiger partial charge in [-0.3, -0.25) is 4.79 Å². The summed E-state index contributed by atoms with van der Waals surface area (Å²) in [6.07, 6.45) is 3.52. The van der Waals surface area contributed by atoms with E-state index in [0.717, 1.165) is 44.3 Å². The highest BCUT2D eigenvalue weighted by Crippen LogP contribution is 2.43. The molecule has 2 aromatic rings. The van der Waals surface area contributed by atoms with Crippen molar-refractivity contribution < 1.29 is 9.59 Å². The molecule has 0 radical (unpaired) electrons.